The van der Waals surface area contributed by atoms with Crippen LogP contribution in [0, 0.1) is 6.92 Å². The van der Waals surface area contributed by atoms with Gasteiger partial charge in [0.05, 0.1) is 0 Å². The Balaban J connectivity index is 1.24. The Morgan fingerprint density at radius 2 is 1.14 bits per heavy atom. The van der Waals surface area contributed by atoms with Gasteiger partial charge in [-0.2, -0.15) is 0 Å². The quantitative estimate of drug-likeness (QED) is 0.155. The first kappa shape index (κ1) is 26.7. The third-order valence-electron chi connectivity index (χ3n) is 12.5. The minimum absolute atomic E-state index is 0.0427. The molecule has 5 heterocycles. The maximum atomic E-state index is 2.71. The molecule has 0 N–H and O–H groups in total. The maximum Gasteiger partial charge on any atom is 0.333 e. The molecule has 0 aliphatic carbocycles. The standard InChI is InChI=1S/C47H29BN2Si/c1-28-24-36-34-17-10-16-33-35-26-29-12-2-3-13-30(29)27-39(35)50(46(33)34)48-37-18-11-23-44-47(37)49(40(25-28)45(36)48)38-19-6-9-22-43(38)51(44)41-20-7-4-14-31(41)32-15-5-8-21-42(32)51/h2-27H,1H3. The Hall–Kier alpha value is -6.10. The summed E-state index contributed by atoms with van der Waals surface area (Å²) < 4.78 is 2.71. The van der Waals surface area contributed by atoms with Crippen LogP contribution in [0.15, 0.2) is 158 Å². The lowest BCUT2D eigenvalue weighted by atomic mass is 9.45. The highest BCUT2D eigenvalue weighted by molar-refractivity contribution is 7.24. The van der Waals surface area contributed by atoms with E-state index in [0.29, 0.717) is 0 Å². The minimum atomic E-state index is -2.69. The minimum Gasteiger partial charge on any atom is -0.375 e. The molecule has 4 aliphatic rings. The average Bonchev–Trinajstić information content (AvgIpc) is 3.65. The first-order valence-electron chi connectivity index (χ1n) is 18.1. The number of nitrogens with zero attached hydrogens (tertiary/aromatic N) is 2. The summed E-state index contributed by atoms with van der Waals surface area (Å²) in [6, 6.07) is 60.8. The van der Waals surface area contributed by atoms with E-state index in [-0.39, 0.29) is 6.85 Å². The molecule has 4 heteroatoms. The molecule has 9 aromatic rings. The van der Waals surface area contributed by atoms with Gasteiger partial charge in [-0.05, 0) is 95.9 Å². The molecule has 234 valence electrons. The zero-order chi connectivity index (χ0) is 33.2. The number of rotatable bonds is 0. The largest absolute Gasteiger partial charge is 0.375 e. The molecule has 1 aromatic heterocycles. The second-order valence-electron chi connectivity index (χ2n) is 14.9. The number of aromatic nitrogens is 1. The summed E-state index contributed by atoms with van der Waals surface area (Å²) in [5, 5.41) is 11.3. The first-order chi connectivity index (χ1) is 25.2. The van der Waals surface area contributed by atoms with E-state index in [9.17, 15) is 0 Å². The number of fused-ring (bicyclic) bond motifs is 17. The highest BCUT2D eigenvalue weighted by Crippen LogP contribution is 2.47. The lowest BCUT2D eigenvalue weighted by molar-refractivity contribution is 1.25. The summed E-state index contributed by atoms with van der Waals surface area (Å²) in [7, 11) is -2.69. The van der Waals surface area contributed by atoms with Gasteiger partial charge >= 0.3 is 6.85 Å². The molecular formula is C47H29BN2Si. The summed E-state index contributed by atoms with van der Waals surface area (Å²) >= 11 is 0. The van der Waals surface area contributed by atoms with Crippen LogP contribution in [-0.4, -0.2) is 19.4 Å². The molecule has 2 nitrogen and oxygen atoms in total. The van der Waals surface area contributed by atoms with Crippen molar-refractivity contribution in [2.24, 2.45) is 0 Å². The van der Waals surface area contributed by atoms with Gasteiger partial charge in [0.25, 0.3) is 0 Å². The van der Waals surface area contributed by atoms with E-state index in [0.717, 1.165) is 0 Å². The van der Waals surface area contributed by atoms with Crippen LogP contribution in [0.25, 0.3) is 54.8 Å². The van der Waals surface area contributed by atoms with Gasteiger partial charge in [0.1, 0.15) is 0 Å². The van der Waals surface area contributed by atoms with Crippen LogP contribution in [0.3, 0.4) is 0 Å². The van der Waals surface area contributed by atoms with E-state index in [1.54, 1.807) is 0 Å². The summed E-state index contributed by atoms with van der Waals surface area (Å²) in [5.41, 5.74) is 16.3. The van der Waals surface area contributed by atoms with Crippen molar-refractivity contribution in [3.05, 3.63) is 163 Å². The van der Waals surface area contributed by atoms with E-state index >= 15 is 0 Å². The molecule has 0 fully saturated rings. The van der Waals surface area contributed by atoms with E-state index in [2.05, 4.69) is 174 Å². The van der Waals surface area contributed by atoms with Crippen molar-refractivity contribution in [1.29, 1.82) is 0 Å². The molecule has 0 saturated carbocycles. The second-order valence-corrected chi connectivity index (χ2v) is 18.5. The maximum absolute atomic E-state index is 2.71. The van der Waals surface area contributed by atoms with Gasteiger partial charge in [-0.25, -0.2) is 0 Å². The fraction of sp³-hybridized carbons (Fsp3) is 0.0213. The Morgan fingerprint density at radius 3 is 1.94 bits per heavy atom. The van der Waals surface area contributed by atoms with E-state index in [1.807, 2.05) is 0 Å². The van der Waals surface area contributed by atoms with E-state index in [4.69, 9.17) is 0 Å². The van der Waals surface area contributed by atoms with Crippen LogP contribution in [0.4, 0.5) is 17.1 Å². The van der Waals surface area contributed by atoms with Gasteiger partial charge in [-0.1, -0.05) is 133 Å². The van der Waals surface area contributed by atoms with Gasteiger partial charge in [-0.3, -0.25) is 0 Å². The molecule has 4 aliphatic heterocycles. The van der Waals surface area contributed by atoms with Gasteiger partial charge in [0.15, 0.2) is 8.07 Å². The van der Waals surface area contributed by atoms with E-state index in [1.165, 1.54) is 109 Å². The third kappa shape index (κ3) is 2.94. The summed E-state index contributed by atoms with van der Waals surface area (Å²) in [6.07, 6.45) is 0. The highest BCUT2D eigenvalue weighted by Gasteiger charge is 2.56. The summed E-state index contributed by atoms with van der Waals surface area (Å²) in [6.45, 7) is 2.32. The Bertz CT molecular complexity index is 3040. The molecule has 0 bridgehead atoms. The smallest absolute Gasteiger partial charge is 0.333 e. The topological polar surface area (TPSA) is 8.17 Å². The molecule has 0 radical (unpaired) electrons. The SMILES string of the molecule is Cc1cc2c3c(c1)N1c4ccccc4[Si]4(c5ccccc5-c5ccccc54)c4cccc(c41)B3n1c3cc4ccccc4cc3c3cccc-2c31. The molecule has 0 unspecified atom stereocenters. The molecule has 51 heavy (non-hydrogen) atoms. The predicted molar refractivity (Wildman–Crippen MR) is 218 cm³/mol. The normalized spacial score (nSPS) is 14.8. The zero-order valence-electron chi connectivity index (χ0n) is 28.0. The number of benzene rings is 8. The van der Waals surface area contributed by atoms with Crippen molar-refractivity contribution in [1.82, 2.24) is 4.48 Å². The molecule has 8 aromatic carbocycles. The zero-order valence-corrected chi connectivity index (χ0v) is 29.0. The van der Waals surface area contributed by atoms with Crippen LogP contribution in [0.2, 0.25) is 0 Å². The van der Waals surface area contributed by atoms with Crippen molar-refractivity contribution in [2.45, 2.75) is 6.92 Å². The molecule has 0 amide bonds. The lowest BCUT2D eigenvalue weighted by Crippen LogP contribution is -2.77. The Morgan fingerprint density at radius 1 is 0.490 bits per heavy atom. The summed E-state index contributed by atoms with van der Waals surface area (Å²) in [4.78, 5) is 2.66. The van der Waals surface area contributed by atoms with Gasteiger partial charge in [-0.15, -0.1) is 0 Å². The number of anilines is 3. The van der Waals surface area contributed by atoms with Crippen molar-refractivity contribution >= 4 is 96.2 Å². The number of aryl methyl sites for hydroxylation is 1. The van der Waals surface area contributed by atoms with Crippen molar-refractivity contribution in [3.8, 4) is 22.3 Å². The third-order valence-corrected chi connectivity index (χ3v) is 17.5. The molecular weight excluding hydrogens is 631 g/mol. The molecule has 13 rings (SSSR count). The Labute approximate surface area is 297 Å². The van der Waals surface area contributed by atoms with Gasteiger partial charge in [0, 0.05) is 44.4 Å². The van der Waals surface area contributed by atoms with Gasteiger partial charge in [0.2, 0.25) is 0 Å². The van der Waals surface area contributed by atoms with Gasteiger partial charge < -0.3 is 9.38 Å². The highest BCUT2D eigenvalue weighted by atomic mass is 28.3. The fourth-order valence-corrected chi connectivity index (χ4v) is 16.4. The number of hydrogen-bond acceptors (Lipinski definition) is 1. The van der Waals surface area contributed by atoms with E-state index < -0.39 is 8.07 Å². The lowest BCUT2D eigenvalue weighted by Gasteiger charge is -2.49. The summed E-state index contributed by atoms with van der Waals surface area (Å²) in [5.74, 6) is 0. The fourth-order valence-electron chi connectivity index (χ4n) is 10.8. The van der Waals surface area contributed by atoms with Crippen LogP contribution in [-0.2, 0) is 0 Å². The molecule has 0 saturated heterocycles. The van der Waals surface area contributed by atoms with Crippen molar-refractivity contribution < 1.29 is 0 Å². The first-order valence-corrected chi connectivity index (χ1v) is 20.1. The number of para-hydroxylation sites is 3. The van der Waals surface area contributed by atoms with Crippen LogP contribution >= 0.6 is 0 Å². The predicted octanol–water partition coefficient (Wildman–Crippen LogP) is 7.34. The average molecular weight is 661 g/mol. The van der Waals surface area contributed by atoms with Crippen molar-refractivity contribution in [2.75, 3.05) is 4.90 Å². The molecule has 0 atom stereocenters. The van der Waals surface area contributed by atoms with Crippen molar-refractivity contribution in [3.63, 3.8) is 0 Å². The second kappa shape index (κ2) is 8.97. The van der Waals surface area contributed by atoms with Crippen LogP contribution in [0.1, 0.15) is 5.56 Å². The van der Waals surface area contributed by atoms with Crippen LogP contribution < -0.4 is 36.6 Å². The Kier molecular flexibility index (Phi) is 4.70. The monoisotopic (exact) mass is 660 g/mol. The van der Waals surface area contributed by atoms with Crippen LogP contribution in [0.5, 0.6) is 0 Å². The molecule has 1 spiro atoms. The number of hydrogen-bond donors (Lipinski definition) is 0.